The highest BCUT2D eigenvalue weighted by atomic mass is 79.9. The highest BCUT2D eigenvalue weighted by Crippen LogP contribution is 2.18. The molecule has 4 nitrogen and oxygen atoms in total. The number of aromatic nitrogens is 4. The molecule has 4 aromatic rings. The Labute approximate surface area is 228 Å². The quantitative estimate of drug-likeness (QED) is 0.116. The molecule has 0 fully saturated rings. The zero-order valence-corrected chi connectivity index (χ0v) is 25.7. The predicted molar refractivity (Wildman–Crippen MR) is 159 cm³/mol. The molecule has 0 atom stereocenters. The van der Waals surface area contributed by atoms with Crippen molar-refractivity contribution in [2.24, 2.45) is 0 Å². The van der Waals surface area contributed by atoms with Crippen molar-refractivity contribution in [2.45, 2.75) is 39.3 Å². The number of hydrogen-bond acceptors (Lipinski definition) is 4. The minimum Gasteiger partial charge on any atom is -0.226 e. The summed E-state index contributed by atoms with van der Waals surface area (Å²) in [6, 6.07) is 11.7. The van der Waals surface area contributed by atoms with Crippen LogP contribution in [-0.2, 0) is 0 Å². The van der Waals surface area contributed by atoms with Gasteiger partial charge in [-0.05, 0) is 59.6 Å². The lowest BCUT2D eigenvalue weighted by atomic mass is 10.1. The van der Waals surface area contributed by atoms with Gasteiger partial charge in [0.15, 0.2) is 0 Å². The van der Waals surface area contributed by atoms with Crippen LogP contribution in [0.3, 0.4) is 0 Å². The van der Waals surface area contributed by atoms with E-state index >= 15 is 0 Å². The van der Waals surface area contributed by atoms with Crippen LogP contribution >= 0.6 is 39.1 Å². The second-order valence-electron chi connectivity index (χ2n) is 9.65. The second-order valence-corrected chi connectivity index (χ2v) is 20.8. The summed E-state index contributed by atoms with van der Waals surface area (Å²) in [5, 5.41) is 2.51. The first-order valence-corrected chi connectivity index (χ1v) is 19.3. The van der Waals surface area contributed by atoms with E-state index in [1.807, 2.05) is 36.4 Å². The van der Waals surface area contributed by atoms with Crippen LogP contribution < -0.4 is 0 Å². The zero-order chi connectivity index (χ0) is 26.2. The Kier molecular flexibility index (Phi) is 10.4. The first-order valence-electron chi connectivity index (χ1n) is 10.8. The monoisotopic (exact) mass is 600 g/mol. The maximum atomic E-state index is 5.73. The third-order valence-electron chi connectivity index (χ3n) is 4.08. The molecule has 0 aliphatic rings. The van der Waals surface area contributed by atoms with E-state index in [0.29, 0.717) is 0 Å². The van der Waals surface area contributed by atoms with E-state index in [2.05, 4.69) is 92.2 Å². The van der Waals surface area contributed by atoms with Gasteiger partial charge in [0.1, 0.15) is 16.1 Å². The molecule has 4 rings (SSSR count). The van der Waals surface area contributed by atoms with Crippen LogP contribution in [0.15, 0.2) is 53.3 Å². The smallest absolute Gasteiger partial charge is 0.222 e. The van der Waals surface area contributed by atoms with Crippen molar-refractivity contribution in [3.05, 3.63) is 69.4 Å². The molecule has 2 aromatic heterocycles. The van der Waals surface area contributed by atoms with Crippen LogP contribution in [0.25, 0.3) is 21.8 Å². The van der Waals surface area contributed by atoms with Gasteiger partial charge in [0.2, 0.25) is 10.6 Å². The van der Waals surface area contributed by atoms with Gasteiger partial charge in [-0.15, -0.1) is 17.5 Å². The van der Waals surface area contributed by atoms with Crippen LogP contribution in [0, 0.1) is 23.4 Å². The topological polar surface area (TPSA) is 51.6 Å². The van der Waals surface area contributed by atoms with Crippen molar-refractivity contribution in [3.8, 4) is 23.4 Å². The number of halogens is 3. The fourth-order valence-electron chi connectivity index (χ4n) is 2.33. The number of fused-ring (bicyclic) bond motifs is 2. The number of hydrogen-bond donors (Lipinski definition) is 0. The van der Waals surface area contributed by atoms with E-state index in [4.69, 9.17) is 29.6 Å². The molecule has 0 spiro atoms. The van der Waals surface area contributed by atoms with Crippen molar-refractivity contribution in [1.29, 1.82) is 0 Å². The molecule has 0 amide bonds. The molecule has 0 saturated heterocycles. The van der Waals surface area contributed by atoms with Crippen LogP contribution in [0.2, 0.25) is 49.8 Å². The highest BCUT2D eigenvalue weighted by Gasteiger charge is 2.07. The van der Waals surface area contributed by atoms with Crippen molar-refractivity contribution < 1.29 is 0 Å². The summed E-state index contributed by atoms with van der Waals surface area (Å²) in [6.45, 7) is 13.1. The molecular weight excluding hydrogens is 575 g/mol. The molecule has 9 heteroatoms. The standard InChI is InChI=1S/C13H13ClN2Si.C8H4BrClN2.C5H10Si/c1-17(2,3)7-6-10-4-5-12-11(8-10)9-15-13(14)16-12;9-6-1-2-7-5(3-6)4-11-8(10)12-7;1-5-6(2,3)4/h4-5,8-9H,1-3H3;1-4H;1H,2-4H3. The van der Waals surface area contributed by atoms with Gasteiger partial charge in [-0.2, -0.15) is 0 Å². The predicted octanol–water partition coefficient (Wildman–Crippen LogP) is 8.05. The third-order valence-corrected chi connectivity index (χ3v) is 6.68. The summed E-state index contributed by atoms with van der Waals surface area (Å²) in [4.78, 5) is 16.0. The molecule has 0 radical (unpaired) electrons. The molecule has 0 aliphatic carbocycles. The first kappa shape index (κ1) is 29.0. The average molecular weight is 603 g/mol. The van der Waals surface area contributed by atoms with Crippen LogP contribution in [-0.4, -0.2) is 36.1 Å². The molecule has 0 bridgehead atoms. The largest absolute Gasteiger partial charge is 0.226 e. The Morgan fingerprint density at radius 3 is 1.74 bits per heavy atom. The molecule has 0 N–H and O–H groups in total. The number of terminal acetylenes is 1. The molecule has 2 heterocycles. The second kappa shape index (κ2) is 12.6. The van der Waals surface area contributed by atoms with Gasteiger partial charge in [-0.25, -0.2) is 19.9 Å². The first-order chi connectivity index (χ1) is 16.3. The Balaban J connectivity index is 0.000000209. The van der Waals surface area contributed by atoms with Gasteiger partial charge in [0, 0.05) is 33.2 Å². The molecule has 2 aromatic carbocycles. The molecule has 0 saturated carbocycles. The van der Waals surface area contributed by atoms with Crippen molar-refractivity contribution in [3.63, 3.8) is 0 Å². The fourth-order valence-corrected chi connectivity index (χ4v) is 3.51. The summed E-state index contributed by atoms with van der Waals surface area (Å²) in [6.07, 6.45) is 8.55. The van der Waals surface area contributed by atoms with Gasteiger partial charge in [-0.3, -0.25) is 0 Å². The van der Waals surface area contributed by atoms with Gasteiger partial charge in [0.25, 0.3) is 0 Å². The number of benzene rings is 2. The summed E-state index contributed by atoms with van der Waals surface area (Å²) in [5.74, 6) is 3.21. The number of rotatable bonds is 0. The zero-order valence-electron chi connectivity index (χ0n) is 20.6. The lowest BCUT2D eigenvalue weighted by Gasteiger charge is -2.03. The van der Waals surface area contributed by atoms with Gasteiger partial charge in [0.05, 0.1) is 11.0 Å². The van der Waals surface area contributed by atoms with Crippen LogP contribution in [0.4, 0.5) is 0 Å². The van der Waals surface area contributed by atoms with E-state index in [9.17, 15) is 0 Å². The average Bonchev–Trinajstić information content (AvgIpc) is 2.78. The van der Waals surface area contributed by atoms with Crippen molar-refractivity contribution >= 4 is 77.1 Å². The Morgan fingerprint density at radius 1 is 0.771 bits per heavy atom. The molecule has 35 heavy (non-hydrogen) atoms. The third kappa shape index (κ3) is 10.9. The van der Waals surface area contributed by atoms with Crippen molar-refractivity contribution in [2.75, 3.05) is 0 Å². The lowest BCUT2D eigenvalue weighted by molar-refractivity contribution is 1.22. The minimum atomic E-state index is -1.33. The normalized spacial score (nSPS) is 10.7. The minimum absolute atomic E-state index is 0.276. The van der Waals surface area contributed by atoms with Gasteiger partial charge in [-0.1, -0.05) is 61.1 Å². The molecule has 0 aliphatic heterocycles. The fraction of sp³-hybridized carbons (Fsp3) is 0.231. The lowest BCUT2D eigenvalue weighted by Crippen LogP contribution is -2.16. The Hall–Kier alpha value is -2.27. The molecular formula is C26H27BrCl2N4Si2. The van der Waals surface area contributed by atoms with E-state index in [0.717, 1.165) is 31.8 Å². The molecule has 0 unspecified atom stereocenters. The van der Waals surface area contributed by atoms with E-state index < -0.39 is 16.1 Å². The summed E-state index contributed by atoms with van der Waals surface area (Å²) in [5.41, 5.74) is 8.79. The molecule has 180 valence electrons. The maximum Gasteiger partial charge on any atom is 0.222 e. The Bertz CT molecular complexity index is 1390. The van der Waals surface area contributed by atoms with Gasteiger partial charge >= 0.3 is 0 Å². The van der Waals surface area contributed by atoms with Gasteiger partial charge < -0.3 is 0 Å². The number of nitrogens with zero attached hydrogens (tertiary/aromatic N) is 4. The maximum absolute atomic E-state index is 5.73. The summed E-state index contributed by atoms with van der Waals surface area (Å²) in [7, 11) is -2.43. The van der Waals surface area contributed by atoms with E-state index in [1.54, 1.807) is 12.4 Å². The van der Waals surface area contributed by atoms with Crippen LogP contribution in [0.1, 0.15) is 5.56 Å². The highest BCUT2D eigenvalue weighted by molar-refractivity contribution is 9.10. The Morgan fingerprint density at radius 2 is 1.26 bits per heavy atom. The van der Waals surface area contributed by atoms with E-state index in [1.165, 1.54) is 0 Å². The van der Waals surface area contributed by atoms with Crippen LogP contribution in [0.5, 0.6) is 0 Å². The summed E-state index contributed by atoms with van der Waals surface area (Å²) < 4.78 is 1.01. The summed E-state index contributed by atoms with van der Waals surface area (Å²) >= 11 is 14.7. The van der Waals surface area contributed by atoms with E-state index in [-0.39, 0.29) is 10.6 Å². The van der Waals surface area contributed by atoms with Crippen molar-refractivity contribution in [1.82, 2.24) is 19.9 Å². The SMILES string of the molecule is C#C[Si](C)(C)C.C[Si](C)(C)C#Cc1ccc2nc(Cl)ncc2c1.Clc1ncc2cc(Br)ccc2n1.